The summed E-state index contributed by atoms with van der Waals surface area (Å²) in [7, 11) is 0. The zero-order valence-corrected chi connectivity index (χ0v) is 20.2. The van der Waals surface area contributed by atoms with Crippen molar-refractivity contribution in [3.05, 3.63) is 72.8 Å². The fourth-order valence-electron chi connectivity index (χ4n) is 4.51. The highest BCUT2D eigenvalue weighted by Gasteiger charge is 2.18. The van der Waals surface area contributed by atoms with Crippen molar-refractivity contribution in [1.82, 2.24) is 9.97 Å². The van der Waals surface area contributed by atoms with Gasteiger partial charge in [-0.25, -0.2) is 4.98 Å². The van der Waals surface area contributed by atoms with E-state index in [1.165, 1.54) is 12.8 Å². The second kappa shape index (κ2) is 10.2. The van der Waals surface area contributed by atoms with Crippen molar-refractivity contribution in [2.24, 2.45) is 5.92 Å². The first-order valence-electron chi connectivity index (χ1n) is 12.4. The third kappa shape index (κ3) is 4.72. The largest absolute Gasteiger partial charge is 0.507 e. The van der Waals surface area contributed by atoms with E-state index in [1.54, 1.807) is 12.1 Å². The van der Waals surface area contributed by atoms with Crippen molar-refractivity contribution in [3.63, 3.8) is 0 Å². The summed E-state index contributed by atoms with van der Waals surface area (Å²) in [6.45, 7) is 5.02. The maximum Gasteiger partial charge on any atom is 0.217 e. The van der Waals surface area contributed by atoms with Crippen molar-refractivity contribution in [2.75, 3.05) is 6.61 Å². The molecular formula is C30H30N2O3. The number of ether oxygens (including phenoxy) is 1. The molecule has 1 unspecified atom stereocenters. The van der Waals surface area contributed by atoms with Gasteiger partial charge in [0.1, 0.15) is 16.9 Å². The molecule has 0 radical (unpaired) electrons. The Hall–Kier alpha value is -3.86. The zero-order valence-electron chi connectivity index (χ0n) is 20.2. The van der Waals surface area contributed by atoms with Gasteiger partial charge >= 0.3 is 0 Å². The summed E-state index contributed by atoms with van der Waals surface area (Å²) in [6.07, 6.45) is 4.56. The van der Waals surface area contributed by atoms with Crippen molar-refractivity contribution >= 4 is 21.9 Å². The number of rotatable bonds is 9. The number of aromatic hydroxyl groups is 1. The normalized spacial score (nSPS) is 12.3. The molecule has 2 heterocycles. The third-order valence-electron chi connectivity index (χ3n) is 6.54. The molecule has 5 heteroatoms. The van der Waals surface area contributed by atoms with E-state index in [0.717, 1.165) is 46.0 Å². The number of nitrogens with zero attached hydrogens (tertiary/aromatic N) is 2. The topological polar surface area (TPSA) is 68.4 Å². The number of unbranched alkanes of at least 4 members (excludes halogenated alkanes) is 1. The smallest absolute Gasteiger partial charge is 0.217 e. The highest BCUT2D eigenvalue weighted by atomic mass is 16.5. The van der Waals surface area contributed by atoms with E-state index in [-0.39, 0.29) is 5.75 Å². The lowest BCUT2D eigenvalue weighted by atomic mass is 10.0. The van der Waals surface area contributed by atoms with Crippen LogP contribution >= 0.6 is 0 Å². The van der Waals surface area contributed by atoms with Crippen LogP contribution in [0.1, 0.15) is 39.5 Å². The minimum Gasteiger partial charge on any atom is -0.507 e. The van der Waals surface area contributed by atoms with Crippen LogP contribution in [0.5, 0.6) is 11.6 Å². The Kier molecular flexibility index (Phi) is 6.66. The molecule has 3 aromatic carbocycles. The molecule has 5 rings (SSSR count). The van der Waals surface area contributed by atoms with Crippen LogP contribution in [0.25, 0.3) is 44.6 Å². The van der Waals surface area contributed by atoms with Gasteiger partial charge in [0.25, 0.3) is 0 Å². The summed E-state index contributed by atoms with van der Waals surface area (Å²) in [5.41, 5.74) is 3.88. The maximum atomic E-state index is 10.5. The minimum absolute atomic E-state index is 0.136. The maximum absolute atomic E-state index is 10.5. The molecule has 0 fully saturated rings. The molecule has 2 aromatic heterocycles. The Bertz CT molecular complexity index is 1460. The lowest BCUT2D eigenvalue weighted by Gasteiger charge is -2.16. The molecule has 0 aliphatic rings. The van der Waals surface area contributed by atoms with Crippen LogP contribution in [0, 0.1) is 5.92 Å². The summed E-state index contributed by atoms with van der Waals surface area (Å²) in [5, 5.41) is 12.6. The standard InChI is InChI=1S/C30H30N2O3/c1-3-5-11-20(4-2)19-34-28-18-24(31-30(32-28)22-12-6-8-15-25(22)33)21-14-10-17-27-29(21)23-13-7-9-16-26(23)35-27/h6-10,12-18,20,33H,3-5,11,19H2,1-2H3. The fourth-order valence-corrected chi connectivity index (χ4v) is 4.51. The highest BCUT2D eigenvalue weighted by molar-refractivity contribution is 6.12. The van der Waals surface area contributed by atoms with E-state index >= 15 is 0 Å². The first kappa shape index (κ1) is 22.9. The molecule has 0 saturated heterocycles. The van der Waals surface area contributed by atoms with Gasteiger partial charge in [0.2, 0.25) is 5.88 Å². The van der Waals surface area contributed by atoms with Gasteiger partial charge in [-0.15, -0.1) is 0 Å². The molecular weight excluding hydrogens is 436 g/mol. The Morgan fingerprint density at radius 2 is 1.66 bits per heavy atom. The van der Waals surface area contributed by atoms with E-state index in [2.05, 4.69) is 24.9 Å². The molecule has 178 valence electrons. The van der Waals surface area contributed by atoms with Crippen LogP contribution in [-0.4, -0.2) is 21.7 Å². The van der Waals surface area contributed by atoms with Crippen LogP contribution in [-0.2, 0) is 0 Å². The van der Waals surface area contributed by atoms with E-state index in [0.29, 0.717) is 29.8 Å². The molecule has 1 N–H and O–H groups in total. The quantitative estimate of drug-likeness (QED) is 0.238. The van der Waals surface area contributed by atoms with Crippen LogP contribution < -0.4 is 4.74 Å². The molecule has 0 saturated carbocycles. The molecule has 1 atom stereocenters. The van der Waals surface area contributed by atoms with Crippen molar-refractivity contribution in [2.45, 2.75) is 39.5 Å². The monoisotopic (exact) mass is 466 g/mol. The van der Waals surface area contributed by atoms with Crippen molar-refractivity contribution in [1.29, 1.82) is 0 Å². The van der Waals surface area contributed by atoms with Crippen LogP contribution in [0.15, 0.2) is 77.2 Å². The number of furan rings is 1. The van der Waals surface area contributed by atoms with Gasteiger partial charge in [-0.1, -0.05) is 75.6 Å². The van der Waals surface area contributed by atoms with E-state index in [9.17, 15) is 5.11 Å². The molecule has 5 nitrogen and oxygen atoms in total. The number of fused-ring (bicyclic) bond motifs is 3. The van der Waals surface area contributed by atoms with Crippen LogP contribution in [0.4, 0.5) is 0 Å². The number of aromatic nitrogens is 2. The average Bonchev–Trinajstić information content (AvgIpc) is 3.28. The van der Waals surface area contributed by atoms with Gasteiger partial charge in [-0.3, -0.25) is 0 Å². The van der Waals surface area contributed by atoms with Crippen LogP contribution in [0.3, 0.4) is 0 Å². The predicted octanol–water partition coefficient (Wildman–Crippen LogP) is 8.01. The summed E-state index contributed by atoms with van der Waals surface area (Å²) >= 11 is 0. The van der Waals surface area contributed by atoms with Gasteiger partial charge in [0, 0.05) is 22.4 Å². The summed E-state index contributed by atoms with van der Waals surface area (Å²) < 4.78 is 12.3. The Balaban J connectivity index is 1.63. The molecule has 0 spiro atoms. The third-order valence-corrected chi connectivity index (χ3v) is 6.54. The molecule has 35 heavy (non-hydrogen) atoms. The summed E-state index contributed by atoms with van der Waals surface area (Å²) in [6, 6.07) is 23.0. The Morgan fingerprint density at radius 1 is 0.886 bits per heavy atom. The molecule has 0 aliphatic heterocycles. The molecule has 5 aromatic rings. The van der Waals surface area contributed by atoms with Crippen molar-refractivity contribution in [3.8, 4) is 34.3 Å². The highest BCUT2D eigenvalue weighted by Crippen LogP contribution is 2.38. The Labute approximate surface area is 205 Å². The number of benzene rings is 3. The summed E-state index contributed by atoms with van der Waals surface area (Å²) in [4.78, 5) is 9.57. The van der Waals surface area contributed by atoms with Gasteiger partial charge < -0.3 is 14.3 Å². The average molecular weight is 467 g/mol. The van der Waals surface area contributed by atoms with Crippen molar-refractivity contribution < 1.29 is 14.3 Å². The van der Waals surface area contributed by atoms with Gasteiger partial charge in [0.15, 0.2) is 5.82 Å². The van der Waals surface area contributed by atoms with E-state index in [1.807, 2.05) is 54.6 Å². The van der Waals surface area contributed by atoms with Gasteiger partial charge in [0.05, 0.1) is 17.9 Å². The first-order valence-corrected chi connectivity index (χ1v) is 12.4. The second-order valence-corrected chi connectivity index (χ2v) is 8.94. The zero-order chi connectivity index (χ0) is 24.2. The summed E-state index contributed by atoms with van der Waals surface area (Å²) in [5.74, 6) is 1.55. The molecule has 0 bridgehead atoms. The van der Waals surface area contributed by atoms with Crippen LogP contribution in [0.2, 0.25) is 0 Å². The molecule has 0 amide bonds. The van der Waals surface area contributed by atoms with Gasteiger partial charge in [-0.05, 0) is 36.6 Å². The lowest BCUT2D eigenvalue weighted by Crippen LogP contribution is -2.12. The van der Waals surface area contributed by atoms with Gasteiger partial charge in [-0.2, -0.15) is 4.98 Å². The molecule has 0 aliphatic carbocycles. The second-order valence-electron chi connectivity index (χ2n) is 8.94. The van der Waals surface area contributed by atoms with E-state index < -0.39 is 0 Å². The number of hydrogen-bond donors (Lipinski definition) is 1. The van der Waals surface area contributed by atoms with E-state index in [4.69, 9.17) is 14.1 Å². The number of hydrogen-bond acceptors (Lipinski definition) is 5. The number of phenols is 1. The number of para-hydroxylation sites is 2. The SMILES string of the molecule is CCCCC(CC)COc1cc(-c2cccc3oc4ccccc4c23)nc(-c2ccccc2O)n1. The minimum atomic E-state index is 0.136. The lowest BCUT2D eigenvalue weighted by molar-refractivity contribution is 0.226. The predicted molar refractivity (Wildman–Crippen MR) is 141 cm³/mol. The number of phenolic OH excluding ortho intramolecular Hbond substituents is 1. The Morgan fingerprint density at radius 3 is 2.49 bits per heavy atom. The fraction of sp³-hybridized carbons (Fsp3) is 0.267. The first-order chi connectivity index (χ1) is 17.2.